The van der Waals surface area contributed by atoms with Crippen LogP contribution in [0.5, 0.6) is 0 Å². The summed E-state index contributed by atoms with van der Waals surface area (Å²) in [5, 5.41) is 8.93. The van der Waals surface area contributed by atoms with Crippen LogP contribution < -0.4 is 10.6 Å². The third-order valence-corrected chi connectivity index (χ3v) is 5.91. The van der Waals surface area contributed by atoms with Gasteiger partial charge in [0.05, 0.1) is 11.6 Å². The first-order valence-corrected chi connectivity index (χ1v) is 10.5. The molecule has 0 atom stereocenters. The molecule has 7 heteroatoms. The summed E-state index contributed by atoms with van der Waals surface area (Å²) in [5.41, 5.74) is 12.0. The number of piperidine rings is 1. The monoisotopic (exact) mass is 399 g/mol. The van der Waals surface area contributed by atoms with Gasteiger partial charge in [0, 0.05) is 31.2 Å². The molecule has 0 amide bonds. The quantitative estimate of drug-likeness (QED) is 0.524. The summed E-state index contributed by atoms with van der Waals surface area (Å²) in [6, 6.07) is 14.6. The second-order valence-electron chi connectivity index (χ2n) is 7.82. The van der Waals surface area contributed by atoms with Crippen LogP contribution in [-0.2, 0) is 6.42 Å². The molecule has 1 aliphatic heterocycles. The standard InChI is InChI=1S/C23H25N7/c1-2-16-14-25-23(26-15-16)29-11-9-20(10-12-29)30-22-8-5-18(13-21(22)27-28-30)17-3-6-19(24)7-4-17/h3-8,13-15,20H,2,9-12,24H2,1H3. The Morgan fingerprint density at radius 2 is 1.67 bits per heavy atom. The van der Waals surface area contributed by atoms with Gasteiger partial charge in [-0.05, 0) is 60.2 Å². The van der Waals surface area contributed by atoms with Gasteiger partial charge in [0.1, 0.15) is 5.52 Å². The molecular formula is C23H25N7. The smallest absolute Gasteiger partial charge is 0.225 e. The van der Waals surface area contributed by atoms with E-state index < -0.39 is 0 Å². The first-order valence-electron chi connectivity index (χ1n) is 10.5. The van der Waals surface area contributed by atoms with Crippen molar-refractivity contribution in [3.05, 3.63) is 60.4 Å². The highest BCUT2D eigenvalue weighted by atomic mass is 15.4. The Hall–Kier alpha value is -3.48. The summed E-state index contributed by atoms with van der Waals surface area (Å²) in [6.45, 7) is 3.95. The highest BCUT2D eigenvalue weighted by molar-refractivity contribution is 5.81. The van der Waals surface area contributed by atoms with Gasteiger partial charge < -0.3 is 10.6 Å². The number of aromatic nitrogens is 5. The van der Waals surface area contributed by atoms with Crippen LogP contribution in [0.15, 0.2) is 54.9 Å². The van der Waals surface area contributed by atoms with Gasteiger partial charge in [-0.25, -0.2) is 14.6 Å². The summed E-state index contributed by atoms with van der Waals surface area (Å²) in [4.78, 5) is 11.3. The second kappa shape index (κ2) is 7.74. The first kappa shape index (κ1) is 18.5. The molecule has 3 heterocycles. The van der Waals surface area contributed by atoms with Gasteiger partial charge in [0.15, 0.2) is 0 Å². The van der Waals surface area contributed by atoms with Crippen molar-refractivity contribution in [2.45, 2.75) is 32.2 Å². The van der Waals surface area contributed by atoms with Gasteiger partial charge in [-0.3, -0.25) is 0 Å². The van der Waals surface area contributed by atoms with Crippen molar-refractivity contribution in [1.82, 2.24) is 25.0 Å². The molecule has 5 rings (SSSR count). The molecule has 1 fully saturated rings. The Labute approximate surface area is 175 Å². The highest BCUT2D eigenvalue weighted by Crippen LogP contribution is 2.29. The van der Waals surface area contributed by atoms with E-state index in [1.807, 2.05) is 36.7 Å². The third kappa shape index (κ3) is 3.47. The number of fused-ring (bicyclic) bond motifs is 1. The van der Waals surface area contributed by atoms with Crippen molar-refractivity contribution in [1.29, 1.82) is 0 Å². The molecule has 0 aliphatic carbocycles. The van der Waals surface area contributed by atoms with Gasteiger partial charge >= 0.3 is 0 Å². The Balaban J connectivity index is 1.32. The molecule has 1 saturated heterocycles. The molecule has 7 nitrogen and oxygen atoms in total. The van der Waals surface area contributed by atoms with Crippen LogP contribution in [-0.4, -0.2) is 38.1 Å². The topological polar surface area (TPSA) is 85.8 Å². The Bertz CT molecular complexity index is 1140. The molecular weight excluding hydrogens is 374 g/mol. The lowest BCUT2D eigenvalue weighted by atomic mass is 10.0. The summed E-state index contributed by atoms with van der Waals surface area (Å²) in [7, 11) is 0. The SMILES string of the molecule is CCc1cnc(N2CCC(n3nnc4cc(-c5ccc(N)cc5)ccc43)CC2)nc1. The zero-order chi connectivity index (χ0) is 20.5. The van der Waals surface area contributed by atoms with Crippen molar-refractivity contribution in [3.63, 3.8) is 0 Å². The van der Waals surface area contributed by atoms with E-state index in [2.05, 4.69) is 55.0 Å². The lowest BCUT2D eigenvalue weighted by molar-refractivity contribution is 0.367. The largest absolute Gasteiger partial charge is 0.399 e. The molecule has 4 aromatic rings. The van der Waals surface area contributed by atoms with Crippen LogP contribution in [0.25, 0.3) is 22.2 Å². The van der Waals surface area contributed by atoms with E-state index in [9.17, 15) is 0 Å². The fourth-order valence-electron chi connectivity index (χ4n) is 4.07. The summed E-state index contributed by atoms with van der Waals surface area (Å²) in [5.74, 6) is 0.822. The molecule has 2 aromatic heterocycles. The van der Waals surface area contributed by atoms with Gasteiger partial charge in [-0.15, -0.1) is 5.10 Å². The van der Waals surface area contributed by atoms with Crippen molar-refractivity contribution in [3.8, 4) is 11.1 Å². The van der Waals surface area contributed by atoms with Gasteiger partial charge in [0.25, 0.3) is 0 Å². The number of benzene rings is 2. The van der Waals surface area contributed by atoms with E-state index in [0.717, 1.165) is 66.1 Å². The number of nitrogens with zero attached hydrogens (tertiary/aromatic N) is 6. The Kier molecular flexibility index (Phi) is 4.78. The molecule has 0 saturated carbocycles. The van der Waals surface area contributed by atoms with Gasteiger partial charge in [-0.2, -0.15) is 0 Å². The number of hydrogen-bond acceptors (Lipinski definition) is 6. The lowest BCUT2D eigenvalue weighted by Crippen LogP contribution is -2.36. The number of rotatable bonds is 4. The van der Waals surface area contributed by atoms with Crippen molar-refractivity contribution in [2.24, 2.45) is 0 Å². The van der Waals surface area contributed by atoms with Crippen LogP contribution >= 0.6 is 0 Å². The molecule has 1 aliphatic rings. The van der Waals surface area contributed by atoms with Crippen LogP contribution in [0.1, 0.15) is 31.4 Å². The molecule has 30 heavy (non-hydrogen) atoms. The first-order chi connectivity index (χ1) is 14.7. The number of nitrogen functional groups attached to an aromatic ring is 1. The molecule has 2 N–H and O–H groups in total. The van der Waals surface area contributed by atoms with E-state index in [-0.39, 0.29) is 0 Å². The number of hydrogen-bond donors (Lipinski definition) is 1. The van der Waals surface area contributed by atoms with Gasteiger partial charge in [-0.1, -0.05) is 30.3 Å². The third-order valence-electron chi connectivity index (χ3n) is 5.91. The molecule has 2 aromatic carbocycles. The molecule has 0 unspecified atom stereocenters. The van der Waals surface area contributed by atoms with Crippen LogP contribution in [0.3, 0.4) is 0 Å². The maximum absolute atomic E-state index is 5.80. The predicted molar refractivity (Wildman–Crippen MR) is 119 cm³/mol. The normalized spacial score (nSPS) is 15.0. The summed E-state index contributed by atoms with van der Waals surface area (Å²) < 4.78 is 2.08. The average Bonchev–Trinajstić information content (AvgIpc) is 3.23. The zero-order valence-corrected chi connectivity index (χ0v) is 17.1. The maximum Gasteiger partial charge on any atom is 0.225 e. The van der Waals surface area contributed by atoms with E-state index >= 15 is 0 Å². The molecule has 152 valence electrons. The Morgan fingerprint density at radius 3 is 2.37 bits per heavy atom. The van der Waals surface area contributed by atoms with Crippen LogP contribution in [0, 0.1) is 0 Å². The van der Waals surface area contributed by atoms with Crippen molar-refractivity contribution in [2.75, 3.05) is 23.7 Å². The average molecular weight is 400 g/mol. The molecule has 0 bridgehead atoms. The van der Waals surface area contributed by atoms with E-state index in [1.54, 1.807) is 0 Å². The second-order valence-corrected chi connectivity index (χ2v) is 7.82. The minimum Gasteiger partial charge on any atom is -0.399 e. The van der Waals surface area contributed by atoms with E-state index in [0.29, 0.717) is 6.04 Å². The predicted octanol–water partition coefficient (Wildman–Crippen LogP) is 3.87. The van der Waals surface area contributed by atoms with E-state index in [1.165, 1.54) is 5.56 Å². The highest BCUT2D eigenvalue weighted by Gasteiger charge is 2.24. The fourth-order valence-corrected chi connectivity index (χ4v) is 4.07. The molecule has 0 radical (unpaired) electrons. The summed E-state index contributed by atoms with van der Waals surface area (Å²) >= 11 is 0. The Morgan fingerprint density at radius 1 is 0.967 bits per heavy atom. The van der Waals surface area contributed by atoms with Crippen LogP contribution in [0.4, 0.5) is 11.6 Å². The zero-order valence-electron chi connectivity index (χ0n) is 17.1. The summed E-state index contributed by atoms with van der Waals surface area (Å²) in [6.07, 6.45) is 6.81. The van der Waals surface area contributed by atoms with Crippen molar-refractivity contribution < 1.29 is 0 Å². The van der Waals surface area contributed by atoms with Gasteiger partial charge in [0.2, 0.25) is 5.95 Å². The minimum atomic E-state index is 0.337. The van der Waals surface area contributed by atoms with Crippen LogP contribution in [0.2, 0.25) is 0 Å². The maximum atomic E-state index is 5.80. The number of aryl methyl sites for hydroxylation is 1. The number of nitrogens with two attached hydrogens (primary N) is 1. The lowest BCUT2D eigenvalue weighted by Gasteiger charge is -2.32. The van der Waals surface area contributed by atoms with Crippen molar-refractivity contribution >= 4 is 22.7 Å². The fraction of sp³-hybridized carbons (Fsp3) is 0.304. The minimum absolute atomic E-state index is 0.337. The van der Waals surface area contributed by atoms with E-state index in [4.69, 9.17) is 5.73 Å². The molecule has 0 spiro atoms. The number of anilines is 2.